The van der Waals surface area contributed by atoms with Crippen molar-refractivity contribution in [3.63, 3.8) is 0 Å². The Morgan fingerprint density at radius 3 is 3.25 bits per heavy atom. The quantitative estimate of drug-likeness (QED) is 0.817. The highest BCUT2D eigenvalue weighted by molar-refractivity contribution is 7.14. The Hall–Kier alpha value is -0.910. The number of esters is 1. The molecular weight excluding hydrogens is 228 g/mol. The van der Waals surface area contributed by atoms with Gasteiger partial charge in [-0.2, -0.15) is 0 Å². The van der Waals surface area contributed by atoms with Crippen LogP contribution in [0.1, 0.15) is 32.6 Å². The van der Waals surface area contributed by atoms with Gasteiger partial charge in [-0.1, -0.05) is 0 Å². The Bertz CT molecular complexity index is 385. The van der Waals surface area contributed by atoms with Gasteiger partial charge in [-0.3, -0.25) is 0 Å². The van der Waals surface area contributed by atoms with Gasteiger partial charge in [0.1, 0.15) is 4.88 Å². The normalized spacial score (nSPS) is 19.2. The van der Waals surface area contributed by atoms with Crippen LogP contribution in [0.5, 0.6) is 0 Å². The molecule has 5 heteroatoms. The van der Waals surface area contributed by atoms with Crippen molar-refractivity contribution in [2.24, 2.45) is 0 Å². The van der Waals surface area contributed by atoms with E-state index in [9.17, 15) is 4.79 Å². The van der Waals surface area contributed by atoms with Gasteiger partial charge in [0.2, 0.25) is 0 Å². The maximum atomic E-state index is 11.4. The van der Waals surface area contributed by atoms with Crippen molar-refractivity contribution in [3.05, 3.63) is 21.4 Å². The number of hydrogen-bond acceptors (Lipinski definition) is 5. The van der Waals surface area contributed by atoms with Gasteiger partial charge in [-0.25, -0.2) is 4.79 Å². The van der Waals surface area contributed by atoms with Crippen LogP contribution in [0.15, 0.2) is 6.07 Å². The number of aliphatic hydroxyl groups is 1. The highest BCUT2D eigenvalue weighted by Crippen LogP contribution is 2.35. The predicted octanol–water partition coefficient (Wildman–Crippen LogP) is 1.53. The van der Waals surface area contributed by atoms with Gasteiger partial charge in [0.25, 0.3) is 0 Å². The van der Waals surface area contributed by atoms with E-state index in [0.29, 0.717) is 17.9 Å². The number of methoxy groups -OCH3 is 1. The minimum Gasteiger partial charge on any atom is -0.465 e. The third kappa shape index (κ3) is 2.11. The molecule has 0 spiro atoms. The van der Waals surface area contributed by atoms with Crippen LogP contribution in [0.4, 0.5) is 0 Å². The van der Waals surface area contributed by atoms with Gasteiger partial charge >= 0.3 is 5.97 Å². The fourth-order valence-electron chi connectivity index (χ4n) is 1.85. The minimum atomic E-state index is -0.304. The van der Waals surface area contributed by atoms with Crippen molar-refractivity contribution in [2.45, 2.75) is 18.9 Å². The molecule has 88 valence electrons. The van der Waals surface area contributed by atoms with E-state index < -0.39 is 0 Å². The first-order valence-corrected chi connectivity index (χ1v) is 6.01. The number of carbonyl (C=O) groups excluding carboxylic acids is 1. The summed E-state index contributed by atoms with van der Waals surface area (Å²) in [6, 6.07) is 1.82. The highest BCUT2D eigenvalue weighted by Gasteiger charge is 2.25. The van der Waals surface area contributed by atoms with Crippen LogP contribution in [0, 0.1) is 0 Å². The maximum absolute atomic E-state index is 11.4. The van der Waals surface area contributed by atoms with E-state index in [1.54, 1.807) is 0 Å². The second-order valence-electron chi connectivity index (χ2n) is 3.60. The lowest BCUT2D eigenvalue weighted by Gasteiger charge is -2.22. The molecule has 1 N–H and O–H groups in total. The molecule has 1 unspecified atom stereocenters. The molecule has 1 aromatic rings. The summed E-state index contributed by atoms with van der Waals surface area (Å²) in [6.07, 6.45) is 1.33. The number of rotatable bonds is 3. The zero-order valence-corrected chi connectivity index (χ0v) is 9.88. The molecule has 2 rings (SSSR count). The summed E-state index contributed by atoms with van der Waals surface area (Å²) < 4.78 is 10.3. The monoisotopic (exact) mass is 242 g/mol. The lowest BCUT2D eigenvalue weighted by Crippen LogP contribution is -2.15. The van der Waals surface area contributed by atoms with Crippen molar-refractivity contribution < 1.29 is 19.4 Å². The predicted molar refractivity (Wildman–Crippen MR) is 59.8 cm³/mol. The number of hydrogen-bond donors (Lipinski definition) is 1. The molecule has 0 bridgehead atoms. The van der Waals surface area contributed by atoms with Crippen LogP contribution in [-0.4, -0.2) is 31.4 Å². The van der Waals surface area contributed by atoms with Crippen molar-refractivity contribution in [2.75, 3.05) is 20.3 Å². The fourth-order valence-corrected chi connectivity index (χ4v) is 2.96. The van der Waals surface area contributed by atoms with Crippen LogP contribution < -0.4 is 0 Å². The Kier molecular flexibility index (Phi) is 3.58. The lowest BCUT2D eigenvalue weighted by atomic mass is 10.0. The molecule has 0 saturated heterocycles. The smallest absolute Gasteiger partial charge is 0.348 e. The molecule has 0 aliphatic carbocycles. The number of fused-ring (bicyclic) bond motifs is 1. The van der Waals surface area contributed by atoms with Gasteiger partial charge in [0.15, 0.2) is 0 Å². The molecule has 1 aromatic heterocycles. The van der Waals surface area contributed by atoms with Crippen LogP contribution in [0.2, 0.25) is 0 Å². The Labute approximate surface area is 97.8 Å². The third-order valence-corrected chi connectivity index (χ3v) is 3.81. The molecule has 1 aliphatic rings. The molecule has 1 atom stereocenters. The lowest BCUT2D eigenvalue weighted by molar-refractivity contribution is 0.0265. The maximum Gasteiger partial charge on any atom is 0.348 e. The summed E-state index contributed by atoms with van der Waals surface area (Å²) in [5.74, 6) is -0.304. The molecule has 0 aromatic carbocycles. The zero-order valence-electron chi connectivity index (χ0n) is 9.06. The van der Waals surface area contributed by atoms with E-state index in [2.05, 4.69) is 0 Å². The SMILES string of the molecule is COC(=O)c1cc2c(s1)CCOC2CCO. The number of thiophene rings is 1. The van der Waals surface area contributed by atoms with E-state index in [0.717, 1.165) is 12.0 Å². The first-order valence-electron chi connectivity index (χ1n) is 5.19. The summed E-state index contributed by atoms with van der Waals surface area (Å²) in [4.78, 5) is 13.2. The average molecular weight is 242 g/mol. The Morgan fingerprint density at radius 2 is 2.56 bits per heavy atom. The molecular formula is C11H14O4S. The van der Waals surface area contributed by atoms with E-state index in [1.807, 2.05) is 6.07 Å². The standard InChI is InChI=1S/C11H14O4S/c1-14-11(13)10-6-7-8(2-4-12)15-5-3-9(7)16-10/h6,8,12H,2-5H2,1H3. The summed E-state index contributed by atoms with van der Waals surface area (Å²) in [5.41, 5.74) is 1.03. The van der Waals surface area contributed by atoms with Crippen LogP contribution in [-0.2, 0) is 15.9 Å². The zero-order chi connectivity index (χ0) is 11.5. The first kappa shape index (κ1) is 11.6. The average Bonchev–Trinajstić information content (AvgIpc) is 2.73. The van der Waals surface area contributed by atoms with Gasteiger partial charge in [0.05, 0.1) is 19.8 Å². The fraction of sp³-hybridized carbons (Fsp3) is 0.545. The van der Waals surface area contributed by atoms with E-state index in [-0.39, 0.29) is 18.7 Å². The summed E-state index contributed by atoms with van der Waals surface area (Å²) in [6.45, 7) is 0.742. The molecule has 1 aliphatic heterocycles. The first-order chi connectivity index (χ1) is 7.76. The third-order valence-electron chi connectivity index (χ3n) is 2.61. The Balaban J connectivity index is 2.27. The van der Waals surface area contributed by atoms with Crippen molar-refractivity contribution >= 4 is 17.3 Å². The van der Waals surface area contributed by atoms with Crippen LogP contribution in [0.25, 0.3) is 0 Å². The number of ether oxygens (including phenoxy) is 2. The van der Waals surface area contributed by atoms with Crippen LogP contribution >= 0.6 is 11.3 Å². The summed E-state index contributed by atoms with van der Waals surface area (Å²) in [5, 5.41) is 8.94. The van der Waals surface area contributed by atoms with E-state index in [1.165, 1.54) is 23.3 Å². The van der Waals surface area contributed by atoms with Gasteiger partial charge in [0, 0.05) is 24.3 Å². The second kappa shape index (κ2) is 4.95. The van der Waals surface area contributed by atoms with Crippen molar-refractivity contribution in [3.8, 4) is 0 Å². The largest absolute Gasteiger partial charge is 0.465 e. The van der Waals surface area contributed by atoms with Gasteiger partial charge in [-0.15, -0.1) is 11.3 Å². The molecule has 2 heterocycles. The van der Waals surface area contributed by atoms with Gasteiger partial charge < -0.3 is 14.6 Å². The molecule has 4 nitrogen and oxygen atoms in total. The molecule has 0 radical (unpaired) electrons. The topological polar surface area (TPSA) is 55.8 Å². The molecule has 0 saturated carbocycles. The van der Waals surface area contributed by atoms with Crippen molar-refractivity contribution in [1.82, 2.24) is 0 Å². The number of aliphatic hydroxyl groups excluding tert-OH is 1. The summed E-state index contributed by atoms with van der Waals surface area (Å²) in [7, 11) is 1.38. The number of carbonyl (C=O) groups is 1. The molecule has 0 amide bonds. The summed E-state index contributed by atoms with van der Waals surface area (Å²) >= 11 is 1.46. The highest BCUT2D eigenvalue weighted by atomic mass is 32.1. The van der Waals surface area contributed by atoms with Crippen LogP contribution in [0.3, 0.4) is 0 Å². The molecule has 0 fully saturated rings. The minimum absolute atomic E-state index is 0.0802. The van der Waals surface area contributed by atoms with E-state index in [4.69, 9.17) is 14.6 Å². The molecule has 16 heavy (non-hydrogen) atoms. The van der Waals surface area contributed by atoms with Gasteiger partial charge in [-0.05, 0) is 11.6 Å². The second-order valence-corrected chi connectivity index (χ2v) is 4.74. The van der Waals surface area contributed by atoms with E-state index >= 15 is 0 Å². The van der Waals surface area contributed by atoms with Crippen molar-refractivity contribution in [1.29, 1.82) is 0 Å². The Morgan fingerprint density at radius 1 is 1.75 bits per heavy atom.